The van der Waals surface area contributed by atoms with Crippen molar-refractivity contribution >= 4 is 15.5 Å². The average Bonchev–Trinajstić information content (AvgIpc) is 3.07. The second kappa shape index (κ2) is 4.42. The van der Waals surface area contributed by atoms with Crippen LogP contribution in [0.1, 0.15) is 12.8 Å². The largest absolute Gasteiger partial charge is 0.353 e. The lowest BCUT2D eigenvalue weighted by Crippen LogP contribution is -2.29. The lowest BCUT2D eigenvalue weighted by atomic mass is 10.5. The van der Waals surface area contributed by atoms with Crippen LogP contribution in [0.4, 0.5) is 0 Å². The Balaban J connectivity index is 2.13. The Bertz CT molecular complexity index is 870. The number of fused-ring (bicyclic) bond motifs is 1. The van der Waals surface area contributed by atoms with Gasteiger partial charge < -0.3 is 0 Å². The summed E-state index contributed by atoms with van der Waals surface area (Å²) >= 11 is 0. The molecule has 0 unspecified atom stereocenters. The van der Waals surface area contributed by atoms with Crippen LogP contribution in [0.15, 0.2) is 16.1 Å². The van der Waals surface area contributed by atoms with Crippen molar-refractivity contribution in [3.8, 4) is 12.3 Å². The molecule has 0 aromatic carbocycles. The molecule has 8 nitrogen and oxygen atoms in total. The highest BCUT2D eigenvalue weighted by Gasteiger charge is 2.32. The lowest BCUT2D eigenvalue weighted by molar-refractivity contribution is 0.572. The topological polar surface area (TPSA) is 99.2 Å². The molecule has 3 rings (SSSR count). The summed E-state index contributed by atoms with van der Waals surface area (Å²) in [6.07, 6.45) is 8.07. The highest BCUT2D eigenvalue weighted by molar-refractivity contribution is 7.91. The van der Waals surface area contributed by atoms with Gasteiger partial charge in [-0.3, -0.25) is 0 Å². The molecule has 0 N–H and O–H groups in total. The van der Waals surface area contributed by atoms with E-state index < -0.39 is 15.5 Å². The normalized spacial score (nSPS) is 15.3. The van der Waals surface area contributed by atoms with E-state index in [9.17, 15) is 13.2 Å². The second-order valence-electron chi connectivity index (χ2n) is 4.70. The fraction of sp³-hybridized carbons (Fsp3) is 0.455. The number of imidazole rings is 1. The molecule has 20 heavy (non-hydrogen) atoms. The van der Waals surface area contributed by atoms with Crippen molar-refractivity contribution in [1.82, 2.24) is 24.4 Å². The summed E-state index contributed by atoms with van der Waals surface area (Å²) in [5.41, 5.74) is -0.614. The zero-order valence-corrected chi connectivity index (χ0v) is 11.2. The number of aromatic nitrogens is 5. The van der Waals surface area contributed by atoms with Gasteiger partial charge in [-0.2, -0.15) is 4.68 Å². The SMILES string of the molecule is C#CCn1nnc2c(S(=O)(=O)CC3CC3)ncn2c1=O. The summed E-state index contributed by atoms with van der Waals surface area (Å²) in [6.45, 7) is -0.0376. The molecule has 1 aliphatic carbocycles. The molecule has 2 heterocycles. The minimum absolute atomic E-state index is 0.0365. The number of terminal acetylenes is 1. The molecule has 0 radical (unpaired) electrons. The van der Waals surface area contributed by atoms with Gasteiger partial charge in [-0.05, 0) is 18.8 Å². The molecule has 0 amide bonds. The van der Waals surface area contributed by atoms with E-state index in [1.165, 1.54) is 0 Å². The van der Waals surface area contributed by atoms with Crippen LogP contribution in [0.3, 0.4) is 0 Å². The van der Waals surface area contributed by atoms with Crippen LogP contribution in [0.5, 0.6) is 0 Å². The molecular weight excluding hydrogens is 282 g/mol. The van der Waals surface area contributed by atoms with E-state index in [-0.39, 0.29) is 28.9 Å². The third-order valence-electron chi connectivity index (χ3n) is 3.07. The van der Waals surface area contributed by atoms with Crippen molar-refractivity contribution in [2.75, 3.05) is 5.75 Å². The minimum Gasteiger partial charge on any atom is -0.245 e. The zero-order valence-electron chi connectivity index (χ0n) is 10.4. The van der Waals surface area contributed by atoms with E-state index in [1.807, 2.05) is 0 Å². The van der Waals surface area contributed by atoms with E-state index in [0.29, 0.717) is 0 Å². The summed E-state index contributed by atoms with van der Waals surface area (Å²) in [5.74, 6) is 2.49. The van der Waals surface area contributed by atoms with Crippen LogP contribution in [0.2, 0.25) is 0 Å². The summed E-state index contributed by atoms with van der Waals surface area (Å²) < 4.78 is 26.4. The highest BCUT2D eigenvalue weighted by Crippen LogP contribution is 2.32. The molecule has 0 saturated heterocycles. The molecule has 1 saturated carbocycles. The van der Waals surface area contributed by atoms with Crippen molar-refractivity contribution in [3.05, 3.63) is 16.8 Å². The Hall–Kier alpha value is -2.21. The summed E-state index contributed by atoms with van der Waals surface area (Å²) in [6, 6.07) is 0. The van der Waals surface area contributed by atoms with Gasteiger partial charge in [0.25, 0.3) is 0 Å². The molecular formula is C11H11N5O3S. The second-order valence-corrected chi connectivity index (χ2v) is 6.65. The van der Waals surface area contributed by atoms with E-state index in [1.54, 1.807) is 0 Å². The third-order valence-corrected chi connectivity index (χ3v) is 4.86. The van der Waals surface area contributed by atoms with Crippen LogP contribution < -0.4 is 5.69 Å². The lowest BCUT2D eigenvalue weighted by Gasteiger charge is -2.01. The average molecular weight is 293 g/mol. The van der Waals surface area contributed by atoms with Gasteiger partial charge in [0.05, 0.1) is 5.75 Å². The smallest absolute Gasteiger partial charge is 0.245 e. The molecule has 1 aliphatic rings. The van der Waals surface area contributed by atoms with Gasteiger partial charge in [0.2, 0.25) is 10.7 Å². The van der Waals surface area contributed by atoms with Gasteiger partial charge in [-0.25, -0.2) is 22.6 Å². The molecule has 0 bridgehead atoms. The van der Waals surface area contributed by atoms with Gasteiger partial charge in [0.15, 0.2) is 9.84 Å². The molecule has 1 fully saturated rings. The summed E-state index contributed by atoms with van der Waals surface area (Å²) in [7, 11) is -3.55. The summed E-state index contributed by atoms with van der Waals surface area (Å²) in [4.78, 5) is 15.8. The van der Waals surface area contributed by atoms with Gasteiger partial charge in [-0.1, -0.05) is 11.1 Å². The number of nitrogens with zero attached hydrogens (tertiary/aromatic N) is 5. The predicted octanol–water partition coefficient (Wildman–Crippen LogP) is -0.897. The highest BCUT2D eigenvalue weighted by atomic mass is 32.2. The first kappa shape index (κ1) is 12.8. The Morgan fingerprint density at radius 3 is 2.85 bits per heavy atom. The minimum atomic E-state index is -3.55. The quantitative estimate of drug-likeness (QED) is 0.678. The number of hydrogen-bond acceptors (Lipinski definition) is 6. The van der Waals surface area contributed by atoms with E-state index in [4.69, 9.17) is 6.42 Å². The van der Waals surface area contributed by atoms with Crippen LogP contribution in [0.25, 0.3) is 5.65 Å². The first-order valence-electron chi connectivity index (χ1n) is 6.00. The fourth-order valence-corrected chi connectivity index (χ4v) is 3.63. The maximum atomic E-state index is 12.2. The number of sulfone groups is 1. The van der Waals surface area contributed by atoms with Gasteiger partial charge in [-0.15, -0.1) is 11.5 Å². The maximum absolute atomic E-state index is 12.2. The van der Waals surface area contributed by atoms with Crippen LogP contribution in [-0.2, 0) is 16.4 Å². The maximum Gasteiger partial charge on any atom is 0.353 e. The molecule has 0 spiro atoms. The Morgan fingerprint density at radius 2 is 2.20 bits per heavy atom. The fourth-order valence-electron chi connectivity index (χ4n) is 1.89. The third kappa shape index (κ3) is 2.08. The van der Waals surface area contributed by atoms with Crippen molar-refractivity contribution in [1.29, 1.82) is 0 Å². The molecule has 2 aromatic heterocycles. The molecule has 0 aliphatic heterocycles. The van der Waals surface area contributed by atoms with Crippen molar-refractivity contribution in [2.24, 2.45) is 5.92 Å². The van der Waals surface area contributed by atoms with Crippen molar-refractivity contribution in [2.45, 2.75) is 24.4 Å². The monoisotopic (exact) mass is 293 g/mol. The van der Waals surface area contributed by atoms with Gasteiger partial charge in [0.1, 0.15) is 12.9 Å². The zero-order chi connectivity index (χ0) is 14.3. The molecule has 104 valence electrons. The van der Waals surface area contributed by atoms with Crippen LogP contribution in [0, 0.1) is 18.3 Å². The Morgan fingerprint density at radius 1 is 1.45 bits per heavy atom. The van der Waals surface area contributed by atoms with Gasteiger partial charge >= 0.3 is 5.69 Å². The van der Waals surface area contributed by atoms with Gasteiger partial charge in [0, 0.05) is 0 Å². The van der Waals surface area contributed by atoms with E-state index in [0.717, 1.165) is 28.3 Å². The van der Waals surface area contributed by atoms with E-state index in [2.05, 4.69) is 21.2 Å². The summed E-state index contributed by atoms with van der Waals surface area (Å²) in [5, 5.41) is 7.18. The van der Waals surface area contributed by atoms with E-state index >= 15 is 0 Å². The Labute approximate surface area is 114 Å². The van der Waals surface area contributed by atoms with Crippen molar-refractivity contribution < 1.29 is 8.42 Å². The predicted molar refractivity (Wildman–Crippen MR) is 68.7 cm³/mol. The number of rotatable bonds is 4. The first-order chi connectivity index (χ1) is 9.53. The molecule has 0 atom stereocenters. The van der Waals surface area contributed by atoms with Crippen LogP contribution >= 0.6 is 0 Å². The number of hydrogen-bond donors (Lipinski definition) is 0. The van der Waals surface area contributed by atoms with Crippen molar-refractivity contribution in [3.63, 3.8) is 0 Å². The van der Waals surface area contributed by atoms with Crippen LogP contribution in [-0.4, -0.2) is 38.5 Å². The Kier molecular flexibility index (Phi) is 2.83. The first-order valence-corrected chi connectivity index (χ1v) is 7.65. The standard InChI is InChI=1S/C11H11N5O3S/c1-2-5-16-11(17)15-7-12-10(9(15)13-14-16)20(18,19)6-8-3-4-8/h1,7-8H,3-6H2. The molecule has 9 heteroatoms. The molecule has 2 aromatic rings.